The Balaban J connectivity index is 1.31. The van der Waals surface area contributed by atoms with Crippen LogP contribution in [0.25, 0.3) is 0 Å². The van der Waals surface area contributed by atoms with E-state index in [1.807, 2.05) is 6.07 Å². The fourth-order valence-corrected chi connectivity index (χ4v) is 3.87. The molecule has 1 N–H and O–H groups in total. The van der Waals surface area contributed by atoms with Crippen LogP contribution in [-0.2, 0) is 0 Å². The van der Waals surface area contributed by atoms with Crippen molar-refractivity contribution in [2.24, 2.45) is 0 Å². The fourth-order valence-electron chi connectivity index (χ4n) is 3.87. The zero-order valence-electron chi connectivity index (χ0n) is 16.1. The molecule has 8 heteroatoms. The summed E-state index contributed by atoms with van der Waals surface area (Å²) in [5.41, 5.74) is 0.393. The topological polar surface area (TPSA) is 87.1 Å². The molecular formula is C20H27N7O. The predicted octanol–water partition coefficient (Wildman–Crippen LogP) is 2.05. The molecule has 3 heterocycles. The zero-order valence-corrected chi connectivity index (χ0v) is 16.1. The molecule has 1 saturated heterocycles. The monoisotopic (exact) mass is 381 g/mol. The summed E-state index contributed by atoms with van der Waals surface area (Å²) in [7, 11) is 0. The number of nitrogens with one attached hydrogen (secondary N) is 1. The Morgan fingerprint density at radius 3 is 2.18 bits per heavy atom. The summed E-state index contributed by atoms with van der Waals surface area (Å²) in [6.07, 6.45) is 13.9. The molecule has 0 unspecified atom stereocenters. The molecule has 2 fully saturated rings. The van der Waals surface area contributed by atoms with Crippen molar-refractivity contribution >= 4 is 17.7 Å². The lowest BCUT2D eigenvalue weighted by molar-refractivity contribution is 0.0928. The van der Waals surface area contributed by atoms with E-state index in [2.05, 4.69) is 35.1 Å². The molecule has 148 valence electrons. The molecule has 2 aromatic rings. The number of carbonyl (C=O) groups excluding carboxylic acids is 1. The van der Waals surface area contributed by atoms with Gasteiger partial charge in [0.05, 0.1) is 12.4 Å². The van der Waals surface area contributed by atoms with Gasteiger partial charge in [0.2, 0.25) is 5.95 Å². The summed E-state index contributed by atoms with van der Waals surface area (Å²) in [6.45, 7) is 3.30. The van der Waals surface area contributed by atoms with Crippen molar-refractivity contribution in [2.75, 3.05) is 36.0 Å². The Bertz CT molecular complexity index is 752. The fraction of sp³-hybridized carbons (Fsp3) is 0.550. The Hall–Kier alpha value is -2.77. The molecule has 1 aliphatic carbocycles. The van der Waals surface area contributed by atoms with Crippen molar-refractivity contribution in [1.29, 1.82) is 0 Å². The van der Waals surface area contributed by atoms with Crippen molar-refractivity contribution in [3.05, 3.63) is 36.5 Å². The maximum Gasteiger partial charge on any atom is 0.271 e. The predicted molar refractivity (Wildman–Crippen MR) is 107 cm³/mol. The van der Waals surface area contributed by atoms with Crippen molar-refractivity contribution in [2.45, 2.75) is 44.6 Å². The second-order valence-electron chi connectivity index (χ2n) is 7.44. The van der Waals surface area contributed by atoms with Gasteiger partial charge in [0.1, 0.15) is 11.5 Å². The summed E-state index contributed by atoms with van der Waals surface area (Å²) < 4.78 is 0. The van der Waals surface area contributed by atoms with Crippen LogP contribution in [0.4, 0.5) is 11.8 Å². The molecule has 0 bridgehead atoms. The number of rotatable bonds is 4. The molecule has 28 heavy (non-hydrogen) atoms. The van der Waals surface area contributed by atoms with Crippen LogP contribution in [0.1, 0.15) is 49.0 Å². The van der Waals surface area contributed by atoms with Gasteiger partial charge in [-0.2, -0.15) is 0 Å². The van der Waals surface area contributed by atoms with Crippen LogP contribution >= 0.6 is 0 Å². The van der Waals surface area contributed by atoms with Crippen molar-refractivity contribution in [1.82, 2.24) is 25.3 Å². The van der Waals surface area contributed by atoms with Gasteiger partial charge in [-0.1, -0.05) is 25.7 Å². The van der Waals surface area contributed by atoms with Gasteiger partial charge in [0.25, 0.3) is 5.91 Å². The summed E-state index contributed by atoms with van der Waals surface area (Å²) >= 11 is 0. The van der Waals surface area contributed by atoms with E-state index in [0.29, 0.717) is 5.69 Å². The van der Waals surface area contributed by atoms with Crippen LogP contribution in [0.5, 0.6) is 0 Å². The Labute approximate surface area is 165 Å². The number of aromatic nitrogens is 4. The van der Waals surface area contributed by atoms with Crippen LogP contribution in [0.2, 0.25) is 0 Å². The van der Waals surface area contributed by atoms with Crippen molar-refractivity contribution in [3.63, 3.8) is 0 Å². The molecule has 0 radical (unpaired) electrons. The second-order valence-corrected chi connectivity index (χ2v) is 7.44. The highest BCUT2D eigenvalue weighted by Gasteiger charge is 2.21. The van der Waals surface area contributed by atoms with E-state index >= 15 is 0 Å². The van der Waals surface area contributed by atoms with Gasteiger partial charge in [0, 0.05) is 44.6 Å². The van der Waals surface area contributed by atoms with Crippen molar-refractivity contribution in [3.8, 4) is 0 Å². The van der Waals surface area contributed by atoms with Gasteiger partial charge in [-0.05, 0) is 18.9 Å². The van der Waals surface area contributed by atoms with E-state index < -0.39 is 0 Å². The first-order valence-corrected chi connectivity index (χ1v) is 10.2. The normalized spacial score (nSPS) is 18.6. The van der Waals surface area contributed by atoms with Gasteiger partial charge in [-0.25, -0.2) is 19.9 Å². The minimum absolute atomic E-state index is 0.114. The number of amides is 1. The molecule has 1 saturated carbocycles. The lowest BCUT2D eigenvalue weighted by Gasteiger charge is -2.35. The molecule has 0 atom stereocenters. The third-order valence-electron chi connectivity index (χ3n) is 5.50. The highest BCUT2D eigenvalue weighted by atomic mass is 16.1. The smallest absolute Gasteiger partial charge is 0.271 e. The molecule has 0 aromatic carbocycles. The summed E-state index contributed by atoms with van der Waals surface area (Å²) in [6, 6.07) is 2.09. The van der Waals surface area contributed by atoms with Crippen LogP contribution in [0, 0.1) is 0 Å². The molecule has 1 amide bonds. The Morgan fingerprint density at radius 2 is 1.54 bits per heavy atom. The van der Waals surface area contributed by atoms with Gasteiger partial charge >= 0.3 is 0 Å². The molecule has 2 aromatic heterocycles. The number of hydrogen-bond donors (Lipinski definition) is 1. The van der Waals surface area contributed by atoms with E-state index in [9.17, 15) is 4.79 Å². The highest BCUT2D eigenvalue weighted by Crippen LogP contribution is 2.18. The van der Waals surface area contributed by atoms with Crippen LogP contribution < -0.4 is 15.1 Å². The first-order chi connectivity index (χ1) is 13.8. The van der Waals surface area contributed by atoms with Crippen LogP contribution in [0.15, 0.2) is 30.9 Å². The van der Waals surface area contributed by atoms with E-state index in [1.165, 1.54) is 25.7 Å². The summed E-state index contributed by atoms with van der Waals surface area (Å²) in [4.78, 5) is 34.3. The second kappa shape index (κ2) is 8.95. The van der Waals surface area contributed by atoms with Crippen LogP contribution in [-0.4, -0.2) is 58.1 Å². The number of hydrogen-bond acceptors (Lipinski definition) is 7. The maximum absolute atomic E-state index is 12.5. The van der Waals surface area contributed by atoms with E-state index in [1.54, 1.807) is 24.8 Å². The molecule has 0 spiro atoms. The lowest BCUT2D eigenvalue weighted by atomic mass is 10.1. The Kier molecular flexibility index (Phi) is 5.94. The molecule has 2 aliphatic rings. The van der Waals surface area contributed by atoms with E-state index in [0.717, 1.165) is 50.8 Å². The van der Waals surface area contributed by atoms with Gasteiger partial charge in [-0.15, -0.1) is 0 Å². The first-order valence-electron chi connectivity index (χ1n) is 10.2. The Morgan fingerprint density at radius 1 is 0.857 bits per heavy atom. The number of carbonyl (C=O) groups is 1. The molecular weight excluding hydrogens is 354 g/mol. The number of piperazine rings is 1. The van der Waals surface area contributed by atoms with E-state index in [4.69, 9.17) is 0 Å². The van der Waals surface area contributed by atoms with Gasteiger partial charge in [-0.3, -0.25) is 4.79 Å². The highest BCUT2D eigenvalue weighted by molar-refractivity contribution is 5.92. The first kappa shape index (κ1) is 18.6. The lowest BCUT2D eigenvalue weighted by Crippen LogP contribution is -2.47. The molecule has 4 rings (SSSR count). The quantitative estimate of drug-likeness (QED) is 0.811. The largest absolute Gasteiger partial charge is 0.352 e. The standard InChI is InChI=1S/C20H27N7O/c28-19(25-16-6-3-1-2-4-7-16)17-14-24-18(15-23-17)26-10-12-27(13-11-26)20-21-8-5-9-22-20/h5,8-9,14-16H,1-4,6-7,10-13H2,(H,25,28). The SMILES string of the molecule is O=C(NC1CCCCCC1)c1cnc(N2CCN(c3ncccn3)CC2)cn1. The third kappa shape index (κ3) is 4.55. The molecule has 1 aliphatic heterocycles. The summed E-state index contributed by atoms with van der Waals surface area (Å²) in [5, 5.41) is 3.12. The minimum atomic E-state index is -0.114. The minimum Gasteiger partial charge on any atom is -0.352 e. The zero-order chi connectivity index (χ0) is 19.2. The van der Waals surface area contributed by atoms with Gasteiger partial charge < -0.3 is 15.1 Å². The number of nitrogens with zero attached hydrogens (tertiary/aromatic N) is 6. The van der Waals surface area contributed by atoms with Crippen molar-refractivity contribution < 1.29 is 4.79 Å². The average Bonchev–Trinajstić information content (AvgIpc) is 3.03. The van der Waals surface area contributed by atoms with Gasteiger partial charge in [0.15, 0.2) is 0 Å². The molecule has 8 nitrogen and oxygen atoms in total. The maximum atomic E-state index is 12.5. The average molecular weight is 381 g/mol. The number of anilines is 2. The summed E-state index contributed by atoms with van der Waals surface area (Å²) in [5.74, 6) is 1.45. The van der Waals surface area contributed by atoms with Crippen LogP contribution in [0.3, 0.4) is 0 Å². The van der Waals surface area contributed by atoms with E-state index in [-0.39, 0.29) is 11.9 Å². The third-order valence-corrected chi connectivity index (χ3v) is 5.50.